The number of hydrogen-bond donors (Lipinski definition) is 0. The summed E-state index contributed by atoms with van der Waals surface area (Å²) in [4.78, 5) is 25.1. The molecule has 0 spiro atoms. The van der Waals surface area contributed by atoms with Gasteiger partial charge in [-0.05, 0) is 42.2 Å². The van der Waals surface area contributed by atoms with Crippen molar-refractivity contribution in [2.75, 3.05) is 0 Å². The fraction of sp³-hybridized carbons (Fsp3) is 0.250. The van der Waals surface area contributed by atoms with Crippen LogP contribution in [0.1, 0.15) is 30.4 Å². The van der Waals surface area contributed by atoms with Gasteiger partial charge in [0.25, 0.3) is 0 Å². The minimum atomic E-state index is -0.378. The number of allylic oxidation sites excluding steroid dienone is 1. The number of ketones is 1. The van der Waals surface area contributed by atoms with Crippen molar-refractivity contribution in [3.05, 3.63) is 83.1 Å². The summed E-state index contributed by atoms with van der Waals surface area (Å²) in [5.74, 6) is -0.505. The number of hydrogen-bond acceptors (Lipinski definition) is 4. The molecule has 148 valence electrons. The molecule has 0 bridgehead atoms. The molecular formula is C24H21ClO4. The number of carbonyl (C=O) groups excluding carboxylic acids is 2. The smallest absolute Gasteiger partial charge is 0.331 e. The van der Waals surface area contributed by atoms with E-state index in [0.717, 1.165) is 11.1 Å². The third-order valence-electron chi connectivity index (χ3n) is 5.36. The molecule has 0 N–H and O–H groups in total. The van der Waals surface area contributed by atoms with Gasteiger partial charge in [0.2, 0.25) is 0 Å². The lowest BCUT2D eigenvalue weighted by atomic mass is 9.78. The van der Waals surface area contributed by atoms with Gasteiger partial charge in [-0.25, -0.2) is 4.79 Å². The minimum Gasteiger partial charge on any atom is -0.496 e. The average molecular weight is 409 g/mol. The van der Waals surface area contributed by atoms with Crippen LogP contribution in [0.4, 0.5) is 0 Å². The van der Waals surface area contributed by atoms with E-state index in [1.807, 2.05) is 42.5 Å². The topological polar surface area (TPSA) is 52.6 Å². The summed E-state index contributed by atoms with van der Waals surface area (Å²) in [6, 6.07) is 16.7. The molecule has 3 unspecified atom stereocenters. The Balaban J connectivity index is 1.37. The van der Waals surface area contributed by atoms with Gasteiger partial charge in [0.1, 0.15) is 12.2 Å². The highest BCUT2D eigenvalue weighted by Gasteiger charge is 2.41. The van der Waals surface area contributed by atoms with Crippen molar-refractivity contribution in [1.82, 2.24) is 0 Å². The van der Waals surface area contributed by atoms with Gasteiger partial charge in [-0.2, -0.15) is 0 Å². The van der Waals surface area contributed by atoms with Crippen LogP contribution in [-0.4, -0.2) is 24.0 Å². The van der Waals surface area contributed by atoms with Crippen molar-refractivity contribution in [1.29, 1.82) is 0 Å². The van der Waals surface area contributed by atoms with E-state index in [0.29, 0.717) is 29.9 Å². The maximum Gasteiger partial charge on any atom is 0.331 e. The van der Waals surface area contributed by atoms with Crippen LogP contribution in [-0.2, 0) is 19.1 Å². The van der Waals surface area contributed by atoms with E-state index in [2.05, 4.69) is 0 Å². The first-order chi connectivity index (χ1) is 14.1. The minimum absolute atomic E-state index is 0.0809. The van der Waals surface area contributed by atoms with Crippen molar-refractivity contribution < 1.29 is 19.1 Å². The highest BCUT2D eigenvalue weighted by atomic mass is 35.5. The second-order valence-corrected chi connectivity index (χ2v) is 7.74. The fourth-order valence-corrected chi connectivity index (χ4v) is 3.96. The van der Waals surface area contributed by atoms with Crippen LogP contribution < -0.4 is 0 Å². The Kier molecular flexibility index (Phi) is 5.81. The Morgan fingerprint density at radius 1 is 1.07 bits per heavy atom. The molecule has 29 heavy (non-hydrogen) atoms. The van der Waals surface area contributed by atoms with Crippen LogP contribution in [0.25, 0.3) is 11.6 Å². The lowest BCUT2D eigenvalue weighted by molar-refractivity contribution is -0.148. The molecule has 2 aromatic carbocycles. The summed E-state index contributed by atoms with van der Waals surface area (Å²) in [5, 5.41) is 0.625. The first-order valence-electron chi connectivity index (χ1n) is 9.69. The van der Waals surface area contributed by atoms with E-state index < -0.39 is 0 Å². The first kappa shape index (κ1) is 19.5. The zero-order valence-electron chi connectivity index (χ0n) is 15.8. The summed E-state index contributed by atoms with van der Waals surface area (Å²) in [6.45, 7) is 0. The van der Waals surface area contributed by atoms with Gasteiger partial charge < -0.3 is 9.47 Å². The highest BCUT2D eigenvalue weighted by Crippen LogP contribution is 2.37. The summed E-state index contributed by atoms with van der Waals surface area (Å²) in [5.41, 5.74) is 2.32. The molecule has 0 saturated heterocycles. The second kappa shape index (κ2) is 8.66. The second-order valence-electron chi connectivity index (χ2n) is 7.30. The summed E-state index contributed by atoms with van der Waals surface area (Å²) in [7, 11) is 0. The zero-order chi connectivity index (χ0) is 20.2. The Labute approximate surface area is 174 Å². The molecule has 1 saturated carbocycles. The van der Waals surface area contributed by atoms with Crippen LogP contribution in [0.15, 0.2) is 66.9 Å². The van der Waals surface area contributed by atoms with Gasteiger partial charge in [-0.3, -0.25) is 4.79 Å². The summed E-state index contributed by atoms with van der Waals surface area (Å²) >= 11 is 5.93. The Morgan fingerprint density at radius 2 is 1.83 bits per heavy atom. The van der Waals surface area contributed by atoms with Crippen LogP contribution in [0.2, 0.25) is 5.02 Å². The van der Waals surface area contributed by atoms with Crippen LogP contribution in [0.5, 0.6) is 0 Å². The highest BCUT2D eigenvalue weighted by molar-refractivity contribution is 6.30. The molecule has 0 amide bonds. The quantitative estimate of drug-likeness (QED) is 0.523. The normalized spacial score (nSPS) is 23.8. The Hall–Kier alpha value is -2.85. The number of esters is 1. The molecule has 1 aliphatic heterocycles. The van der Waals surface area contributed by atoms with Gasteiger partial charge in [0.05, 0.1) is 17.8 Å². The van der Waals surface area contributed by atoms with E-state index in [4.69, 9.17) is 21.1 Å². The molecular weight excluding hydrogens is 388 g/mol. The summed E-state index contributed by atoms with van der Waals surface area (Å²) < 4.78 is 11.4. The predicted octanol–water partition coefficient (Wildman–Crippen LogP) is 5.07. The number of carbonyl (C=O) groups is 2. The number of rotatable bonds is 4. The van der Waals surface area contributed by atoms with Crippen LogP contribution >= 0.6 is 11.6 Å². The molecule has 3 atom stereocenters. The maximum atomic E-state index is 12.9. The third-order valence-corrected chi connectivity index (χ3v) is 5.61. The van der Waals surface area contributed by atoms with E-state index in [9.17, 15) is 9.59 Å². The van der Waals surface area contributed by atoms with Gasteiger partial charge in [-0.15, -0.1) is 0 Å². The number of halogens is 1. The van der Waals surface area contributed by atoms with Crippen molar-refractivity contribution in [3.63, 3.8) is 0 Å². The van der Waals surface area contributed by atoms with Gasteiger partial charge in [-0.1, -0.05) is 54.1 Å². The largest absolute Gasteiger partial charge is 0.496 e. The molecule has 0 radical (unpaired) electrons. The molecule has 4 rings (SSSR count). The van der Waals surface area contributed by atoms with Crippen molar-refractivity contribution in [2.24, 2.45) is 5.92 Å². The van der Waals surface area contributed by atoms with Gasteiger partial charge >= 0.3 is 5.97 Å². The van der Waals surface area contributed by atoms with Gasteiger partial charge in [0.15, 0.2) is 5.78 Å². The predicted molar refractivity (Wildman–Crippen MR) is 112 cm³/mol. The van der Waals surface area contributed by atoms with Crippen molar-refractivity contribution in [2.45, 2.75) is 31.5 Å². The third kappa shape index (κ3) is 4.60. The maximum absolute atomic E-state index is 12.9. The number of fused-ring (bicyclic) bond motifs is 1. The van der Waals surface area contributed by atoms with Crippen LogP contribution in [0, 0.1) is 5.92 Å². The Bertz CT molecular complexity index is 947. The fourth-order valence-electron chi connectivity index (χ4n) is 3.83. The molecule has 4 nitrogen and oxygen atoms in total. The molecule has 0 aromatic heterocycles. The monoisotopic (exact) mass is 408 g/mol. The van der Waals surface area contributed by atoms with E-state index in [1.165, 1.54) is 12.3 Å². The number of Topliss-reactive ketones (excluding diaryl/α,β-unsaturated/α-hetero) is 1. The molecule has 5 heteroatoms. The first-order valence-corrected chi connectivity index (χ1v) is 10.1. The lowest BCUT2D eigenvalue weighted by Gasteiger charge is -2.37. The standard InChI is InChI=1S/C24H21ClO4/c25-18-9-7-17(8-10-18)21-15-28-22-14-19(11-12-20(22)24(21)27)29-23(26)13-6-16-4-2-1-3-5-16/h1-10,13,15,19-20,22H,11-12,14H2/b13-6+. The lowest BCUT2D eigenvalue weighted by Crippen LogP contribution is -2.41. The van der Waals surface area contributed by atoms with E-state index in [1.54, 1.807) is 18.2 Å². The van der Waals surface area contributed by atoms with E-state index >= 15 is 0 Å². The number of benzene rings is 2. The zero-order valence-corrected chi connectivity index (χ0v) is 16.5. The molecule has 1 aliphatic carbocycles. The van der Waals surface area contributed by atoms with E-state index in [-0.39, 0.29) is 29.9 Å². The molecule has 1 fully saturated rings. The number of ether oxygens (including phenoxy) is 2. The molecule has 2 aromatic rings. The molecule has 1 heterocycles. The van der Waals surface area contributed by atoms with Crippen LogP contribution in [0.3, 0.4) is 0 Å². The molecule has 2 aliphatic rings. The summed E-state index contributed by atoms with van der Waals surface area (Å²) in [6.07, 6.45) is 6.00. The van der Waals surface area contributed by atoms with Crippen molar-refractivity contribution >= 4 is 35.0 Å². The SMILES string of the molecule is O=C(/C=C/c1ccccc1)OC1CCC2C(=O)C(c3ccc(Cl)cc3)=COC2C1. The Morgan fingerprint density at radius 3 is 2.59 bits per heavy atom. The van der Waals surface area contributed by atoms with Gasteiger partial charge in [0, 0.05) is 17.5 Å². The van der Waals surface area contributed by atoms with Crippen molar-refractivity contribution in [3.8, 4) is 0 Å². The average Bonchev–Trinajstić information content (AvgIpc) is 2.74.